The number of nitrogens with zero attached hydrogens (tertiary/aromatic N) is 3. The van der Waals surface area contributed by atoms with Crippen LogP contribution in [0, 0.1) is 0 Å². The Balaban J connectivity index is 2.38. The molecule has 4 N–H and O–H groups in total. The van der Waals surface area contributed by atoms with Crippen molar-refractivity contribution >= 4 is 17.3 Å². The summed E-state index contributed by atoms with van der Waals surface area (Å²) in [5, 5.41) is 12.3. The largest absolute Gasteiger partial charge is 0.394 e. The molecule has 0 radical (unpaired) electrons. The van der Waals surface area contributed by atoms with Gasteiger partial charge in [-0.05, 0) is 6.42 Å². The fourth-order valence-electron chi connectivity index (χ4n) is 1.52. The maximum absolute atomic E-state index is 9.13. The number of aliphatic hydroxyl groups excluding tert-OH is 1. The van der Waals surface area contributed by atoms with Crippen LogP contribution < -0.4 is 11.1 Å². The zero-order valence-electron chi connectivity index (χ0n) is 9.09. The number of fused-ring (bicyclic) bond motifs is 1. The van der Waals surface area contributed by atoms with Gasteiger partial charge in [0.15, 0.2) is 11.5 Å². The van der Waals surface area contributed by atoms with Gasteiger partial charge in [-0.25, -0.2) is 9.97 Å². The third-order valence-electron chi connectivity index (χ3n) is 2.45. The number of anilines is 2. The highest BCUT2D eigenvalue weighted by Crippen LogP contribution is 2.15. The number of imidazole rings is 1. The second-order valence-corrected chi connectivity index (χ2v) is 3.60. The summed E-state index contributed by atoms with van der Waals surface area (Å²) in [6.07, 6.45) is 5.99. The Hall–Kier alpha value is -1.82. The molecule has 0 saturated carbocycles. The minimum atomic E-state index is -0.0326. The molecule has 0 spiro atoms. The highest BCUT2D eigenvalue weighted by atomic mass is 16.3. The number of nitrogens with two attached hydrogens (primary N) is 1. The number of hydrogen-bond donors (Lipinski definition) is 3. The summed E-state index contributed by atoms with van der Waals surface area (Å²) in [7, 11) is 0. The molecule has 0 aliphatic rings. The fraction of sp³-hybridized carbons (Fsp3) is 0.400. The van der Waals surface area contributed by atoms with Crippen molar-refractivity contribution in [1.29, 1.82) is 0 Å². The predicted octanol–water partition coefficient (Wildman–Crippen LogP) is 0.494. The number of nitrogen functional groups attached to an aromatic ring is 1. The second kappa shape index (κ2) is 4.36. The Bertz CT molecular complexity index is 477. The lowest BCUT2D eigenvalue weighted by molar-refractivity contribution is 0.271. The van der Waals surface area contributed by atoms with Gasteiger partial charge in [-0.2, -0.15) is 0 Å². The lowest BCUT2D eigenvalue weighted by atomic mass is 10.2. The Morgan fingerprint density at radius 3 is 3.12 bits per heavy atom. The second-order valence-electron chi connectivity index (χ2n) is 3.60. The first-order valence-electron chi connectivity index (χ1n) is 5.21. The normalized spacial score (nSPS) is 12.9. The van der Waals surface area contributed by atoms with Gasteiger partial charge in [-0.3, -0.25) is 0 Å². The zero-order chi connectivity index (χ0) is 11.5. The maximum atomic E-state index is 9.13. The first-order valence-corrected chi connectivity index (χ1v) is 5.21. The lowest BCUT2D eigenvalue weighted by Gasteiger charge is -2.15. The molecule has 0 amide bonds. The highest BCUT2D eigenvalue weighted by molar-refractivity contribution is 5.65. The molecule has 2 aromatic heterocycles. The number of hydrogen-bond acceptors (Lipinski definition) is 5. The quantitative estimate of drug-likeness (QED) is 0.699. The Kier molecular flexibility index (Phi) is 2.91. The molecule has 2 rings (SSSR count). The fourth-order valence-corrected chi connectivity index (χ4v) is 1.52. The van der Waals surface area contributed by atoms with Crippen LogP contribution in [-0.2, 0) is 0 Å². The topological polar surface area (TPSA) is 88.5 Å². The standard InChI is InChI=1S/C10H15N5O/c1-2-7(6-16)13-9-10-12-3-4-15(10)5-8(11)14-9/h3-5,7,16H,2,6,11H2,1H3,(H,13,14). The molecule has 2 heterocycles. The molecule has 16 heavy (non-hydrogen) atoms. The highest BCUT2D eigenvalue weighted by Gasteiger charge is 2.10. The summed E-state index contributed by atoms with van der Waals surface area (Å²) in [4.78, 5) is 8.36. The summed E-state index contributed by atoms with van der Waals surface area (Å²) in [6, 6.07) is -0.0326. The summed E-state index contributed by atoms with van der Waals surface area (Å²) in [5.41, 5.74) is 6.39. The van der Waals surface area contributed by atoms with E-state index in [0.717, 1.165) is 6.42 Å². The van der Waals surface area contributed by atoms with Crippen molar-refractivity contribution in [1.82, 2.24) is 14.4 Å². The summed E-state index contributed by atoms with van der Waals surface area (Å²) in [6.45, 7) is 2.04. The summed E-state index contributed by atoms with van der Waals surface area (Å²) >= 11 is 0. The van der Waals surface area contributed by atoms with Crippen LogP contribution in [0.2, 0.25) is 0 Å². The molecule has 0 aliphatic heterocycles. The van der Waals surface area contributed by atoms with Gasteiger partial charge < -0.3 is 20.6 Å². The molecule has 1 unspecified atom stereocenters. The molecule has 1 atom stereocenters. The SMILES string of the molecule is CCC(CO)Nc1nc(N)cn2ccnc12. The molecular formula is C10H15N5O. The number of aliphatic hydroxyl groups is 1. The Morgan fingerprint density at radius 1 is 1.62 bits per heavy atom. The van der Waals surface area contributed by atoms with Gasteiger partial charge in [0.2, 0.25) is 0 Å². The van der Waals surface area contributed by atoms with Gasteiger partial charge in [0.25, 0.3) is 0 Å². The van der Waals surface area contributed by atoms with Crippen molar-refractivity contribution in [3.63, 3.8) is 0 Å². The summed E-state index contributed by atoms with van der Waals surface area (Å²) < 4.78 is 1.80. The lowest BCUT2D eigenvalue weighted by Crippen LogP contribution is -2.23. The molecule has 0 bridgehead atoms. The van der Waals surface area contributed by atoms with E-state index in [9.17, 15) is 0 Å². The van der Waals surface area contributed by atoms with E-state index in [1.807, 2.05) is 6.92 Å². The summed E-state index contributed by atoms with van der Waals surface area (Å²) in [5.74, 6) is 1.02. The average molecular weight is 221 g/mol. The van der Waals surface area contributed by atoms with E-state index in [1.165, 1.54) is 0 Å². The maximum Gasteiger partial charge on any atom is 0.180 e. The number of rotatable bonds is 4. The van der Waals surface area contributed by atoms with E-state index in [-0.39, 0.29) is 12.6 Å². The van der Waals surface area contributed by atoms with Crippen LogP contribution in [0.4, 0.5) is 11.6 Å². The van der Waals surface area contributed by atoms with Gasteiger partial charge in [-0.1, -0.05) is 6.92 Å². The minimum Gasteiger partial charge on any atom is -0.394 e. The van der Waals surface area contributed by atoms with Gasteiger partial charge in [0, 0.05) is 12.4 Å². The van der Waals surface area contributed by atoms with E-state index in [2.05, 4.69) is 15.3 Å². The smallest absolute Gasteiger partial charge is 0.180 e. The average Bonchev–Trinajstić information content (AvgIpc) is 2.73. The molecule has 86 valence electrons. The zero-order valence-corrected chi connectivity index (χ0v) is 9.09. The van der Waals surface area contributed by atoms with E-state index in [0.29, 0.717) is 17.3 Å². The van der Waals surface area contributed by atoms with Gasteiger partial charge >= 0.3 is 0 Å². The van der Waals surface area contributed by atoms with E-state index < -0.39 is 0 Å². The van der Waals surface area contributed by atoms with Crippen LogP contribution in [0.25, 0.3) is 5.65 Å². The van der Waals surface area contributed by atoms with Crippen LogP contribution in [-0.4, -0.2) is 32.1 Å². The van der Waals surface area contributed by atoms with Crippen LogP contribution >= 0.6 is 0 Å². The van der Waals surface area contributed by atoms with Crippen molar-refractivity contribution in [3.8, 4) is 0 Å². The van der Waals surface area contributed by atoms with Crippen LogP contribution in [0.5, 0.6) is 0 Å². The molecule has 6 heteroatoms. The minimum absolute atomic E-state index is 0.0326. The van der Waals surface area contributed by atoms with E-state index >= 15 is 0 Å². The first kappa shape index (κ1) is 10.7. The third-order valence-corrected chi connectivity index (χ3v) is 2.45. The predicted molar refractivity (Wildman–Crippen MR) is 62.2 cm³/mol. The van der Waals surface area contributed by atoms with Crippen molar-refractivity contribution in [3.05, 3.63) is 18.6 Å². The van der Waals surface area contributed by atoms with Crippen LogP contribution in [0.1, 0.15) is 13.3 Å². The molecular weight excluding hydrogens is 206 g/mol. The molecule has 2 aromatic rings. The molecule has 0 fully saturated rings. The third kappa shape index (κ3) is 1.92. The van der Waals surface area contributed by atoms with Crippen LogP contribution in [0.15, 0.2) is 18.6 Å². The van der Waals surface area contributed by atoms with Gasteiger partial charge in [-0.15, -0.1) is 0 Å². The molecule has 0 saturated heterocycles. The van der Waals surface area contributed by atoms with Crippen molar-refractivity contribution in [2.75, 3.05) is 17.7 Å². The number of aromatic nitrogens is 3. The van der Waals surface area contributed by atoms with Gasteiger partial charge in [0.1, 0.15) is 5.82 Å². The monoisotopic (exact) mass is 221 g/mol. The Morgan fingerprint density at radius 2 is 2.44 bits per heavy atom. The molecule has 0 aromatic carbocycles. The van der Waals surface area contributed by atoms with Crippen LogP contribution in [0.3, 0.4) is 0 Å². The Labute approximate surface area is 93.1 Å². The van der Waals surface area contributed by atoms with Crippen molar-refractivity contribution in [2.45, 2.75) is 19.4 Å². The molecule has 0 aliphatic carbocycles. The van der Waals surface area contributed by atoms with Gasteiger partial charge in [0.05, 0.1) is 18.8 Å². The number of nitrogens with one attached hydrogen (secondary N) is 1. The van der Waals surface area contributed by atoms with E-state index in [1.54, 1.807) is 23.0 Å². The van der Waals surface area contributed by atoms with Crippen molar-refractivity contribution < 1.29 is 5.11 Å². The van der Waals surface area contributed by atoms with E-state index in [4.69, 9.17) is 10.8 Å². The first-order chi connectivity index (χ1) is 7.74. The molecule has 6 nitrogen and oxygen atoms in total. The van der Waals surface area contributed by atoms with Crippen molar-refractivity contribution in [2.24, 2.45) is 0 Å².